The van der Waals surface area contributed by atoms with Gasteiger partial charge in [0.05, 0.1) is 18.9 Å². The molecular formula is C17H21NO2. The van der Waals surface area contributed by atoms with Crippen molar-refractivity contribution in [2.45, 2.75) is 32.8 Å². The average Bonchev–Trinajstić information content (AvgIpc) is 2.47. The van der Waals surface area contributed by atoms with Crippen LogP contribution in [0.5, 0.6) is 5.75 Å². The van der Waals surface area contributed by atoms with Gasteiger partial charge in [-0.1, -0.05) is 29.8 Å². The molecule has 0 aliphatic carbocycles. The van der Waals surface area contributed by atoms with E-state index in [1.54, 1.807) is 12.4 Å². The van der Waals surface area contributed by atoms with E-state index in [1.807, 2.05) is 13.0 Å². The van der Waals surface area contributed by atoms with Gasteiger partial charge in [-0.3, -0.25) is 4.98 Å². The molecule has 1 aromatic carbocycles. The van der Waals surface area contributed by atoms with E-state index in [0.29, 0.717) is 18.8 Å². The number of aromatic nitrogens is 1. The molecule has 0 fully saturated rings. The highest BCUT2D eigenvalue weighted by Crippen LogP contribution is 2.22. The molecule has 2 aromatic rings. The Balaban J connectivity index is 1.95. The predicted octanol–water partition coefficient (Wildman–Crippen LogP) is 3.45. The predicted molar refractivity (Wildman–Crippen MR) is 79.9 cm³/mol. The molecule has 2 rings (SSSR count). The van der Waals surface area contributed by atoms with E-state index in [1.165, 1.54) is 11.1 Å². The first kappa shape index (κ1) is 14.5. The third-order valence-corrected chi connectivity index (χ3v) is 3.26. The van der Waals surface area contributed by atoms with Crippen LogP contribution in [-0.4, -0.2) is 16.7 Å². The number of aryl methyl sites for hydroxylation is 2. The van der Waals surface area contributed by atoms with Gasteiger partial charge in [-0.25, -0.2) is 0 Å². The first-order chi connectivity index (χ1) is 9.69. The van der Waals surface area contributed by atoms with E-state index < -0.39 is 6.10 Å². The van der Waals surface area contributed by atoms with E-state index in [4.69, 9.17) is 4.74 Å². The number of hydrogen-bond acceptors (Lipinski definition) is 3. The van der Waals surface area contributed by atoms with Crippen molar-refractivity contribution in [2.75, 3.05) is 6.61 Å². The van der Waals surface area contributed by atoms with Crippen molar-refractivity contribution in [2.24, 2.45) is 0 Å². The molecule has 0 bridgehead atoms. The second-order valence-electron chi connectivity index (χ2n) is 4.93. The molecule has 3 nitrogen and oxygen atoms in total. The smallest absolute Gasteiger partial charge is 0.137 e. The molecule has 1 unspecified atom stereocenters. The van der Waals surface area contributed by atoms with Crippen LogP contribution in [0.2, 0.25) is 0 Å². The third-order valence-electron chi connectivity index (χ3n) is 3.26. The van der Waals surface area contributed by atoms with Gasteiger partial charge in [0, 0.05) is 11.8 Å². The van der Waals surface area contributed by atoms with Crippen LogP contribution in [0, 0.1) is 6.92 Å². The van der Waals surface area contributed by atoms with Gasteiger partial charge in [0.1, 0.15) is 5.75 Å². The summed E-state index contributed by atoms with van der Waals surface area (Å²) < 4.78 is 5.40. The van der Waals surface area contributed by atoms with Crippen LogP contribution in [0.25, 0.3) is 0 Å². The van der Waals surface area contributed by atoms with Gasteiger partial charge in [-0.15, -0.1) is 0 Å². The molecule has 0 radical (unpaired) electrons. The lowest BCUT2D eigenvalue weighted by Gasteiger charge is -2.12. The number of hydrogen-bond donors (Lipinski definition) is 1. The fourth-order valence-electron chi connectivity index (χ4n) is 2.09. The molecule has 20 heavy (non-hydrogen) atoms. The van der Waals surface area contributed by atoms with Crippen molar-refractivity contribution >= 4 is 0 Å². The molecule has 1 heterocycles. The Morgan fingerprint density at radius 3 is 2.65 bits per heavy atom. The van der Waals surface area contributed by atoms with Crippen LogP contribution >= 0.6 is 0 Å². The van der Waals surface area contributed by atoms with E-state index >= 15 is 0 Å². The second kappa shape index (κ2) is 7.06. The van der Waals surface area contributed by atoms with Crippen molar-refractivity contribution in [3.63, 3.8) is 0 Å². The van der Waals surface area contributed by atoms with Crippen LogP contribution in [0.1, 0.15) is 36.1 Å². The van der Waals surface area contributed by atoms with Crippen LogP contribution < -0.4 is 4.74 Å². The van der Waals surface area contributed by atoms with Gasteiger partial charge < -0.3 is 9.84 Å². The van der Waals surface area contributed by atoms with Crippen LogP contribution in [0.4, 0.5) is 0 Å². The van der Waals surface area contributed by atoms with Crippen LogP contribution in [0.3, 0.4) is 0 Å². The number of aliphatic hydroxyl groups is 1. The third kappa shape index (κ3) is 4.07. The summed E-state index contributed by atoms with van der Waals surface area (Å²) in [5, 5.41) is 10.2. The minimum atomic E-state index is -0.510. The summed E-state index contributed by atoms with van der Waals surface area (Å²) in [6.45, 7) is 4.61. The van der Waals surface area contributed by atoms with E-state index in [9.17, 15) is 5.11 Å². The summed E-state index contributed by atoms with van der Waals surface area (Å²) >= 11 is 0. The highest BCUT2D eigenvalue weighted by atomic mass is 16.5. The normalized spacial score (nSPS) is 12.2. The Kier molecular flexibility index (Phi) is 5.13. The summed E-state index contributed by atoms with van der Waals surface area (Å²) in [4.78, 5) is 4.11. The van der Waals surface area contributed by atoms with Crippen molar-refractivity contribution in [3.8, 4) is 5.75 Å². The largest absolute Gasteiger partial charge is 0.492 e. The van der Waals surface area contributed by atoms with E-state index in [-0.39, 0.29) is 0 Å². The zero-order valence-electron chi connectivity index (χ0n) is 12.0. The maximum atomic E-state index is 10.2. The van der Waals surface area contributed by atoms with Crippen LogP contribution in [-0.2, 0) is 6.42 Å². The highest BCUT2D eigenvalue weighted by molar-refractivity contribution is 5.26. The fourth-order valence-corrected chi connectivity index (χ4v) is 2.09. The van der Waals surface area contributed by atoms with Crippen LogP contribution in [0.15, 0.2) is 42.7 Å². The number of benzene rings is 1. The van der Waals surface area contributed by atoms with Crippen molar-refractivity contribution < 1.29 is 9.84 Å². The number of pyridine rings is 1. The van der Waals surface area contributed by atoms with Gasteiger partial charge in [0.2, 0.25) is 0 Å². The first-order valence-electron chi connectivity index (χ1n) is 7.00. The average molecular weight is 271 g/mol. The molecule has 0 spiro atoms. The van der Waals surface area contributed by atoms with Crippen molar-refractivity contribution in [1.82, 2.24) is 4.98 Å². The molecule has 0 aliphatic heterocycles. The van der Waals surface area contributed by atoms with E-state index in [2.05, 4.69) is 36.2 Å². The summed E-state index contributed by atoms with van der Waals surface area (Å²) in [5.74, 6) is 0.708. The van der Waals surface area contributed by atoms with Gasteiger partial charge in [0.15, 0.2) is 0 Å². The SMILES string of the molecule is CCOc1cncc(C(O)CCc2ccc(C)cc2)c1. The summed E-state index contributed by atoms with van der Waals surface area (Å²) in [5.41, 5.74) is 3.30. The monoisotopic (exact) mass is 271 g/mol. The molecule has 3 heteroatoms. The summed E-state index contributed by atoms with van der Waals surface area (Å²) in [7, 11) is 0. The molecular weight excluding hydrogens is 250 g/mol. The zero-order valence-corrected chi connectivity index (χ0v) is 12.0. The number of ether oxygens (including phenoxy) is 1. The zero-order chi connectivity index (χ0) is 14.4. The molecule has 1 atom stereocenters. The minimum absolute atomic E-state index is 0.510. The Bertz CT molecular complexity index is 537. The maximum absolute atomic E-state index is 10.2. The Morgan fingerprint density at radius 1 is 1.20 bits per heavy atom. The highest BCUT2D eigenvalue weighted by Gasteiger charge is 2.09. The Hall–Kier alpha value is -1.87. The molecule has 0 saturated carbocycles. The minimum Gasteiger partial charge on any atom is -0.492 e. The molecule has 1 N–H and O–H groups in total. The molecule has 1 aromatic heterocycles. The maximum Gasteiger partial charge on any atom is 0.137 e. The van der Waals surface area contributed by atoms with Crippen molar-refractivity contribution in [1.29, 1.82) is 0 Å². The van der Waals surface area contributed by atoms with Gasteiger partial charge in [-0.05, 0) is 38.3 Å². The molecule has 106 valence electrons. The lowest BCUT2D eigenvalue weighted by molar-refractivity contribution is 0.167. The quantitative estimate of drug-likeness (QED) is 0.875. The fraction of sp³-hybridized carbons (Fsp3) is 0.353. The topological polar surface area (TPSA) is 42.4 Å². The lowest BCUT2D eigenvalue weighted by Crippen LogP contribution is -2.01. The van der Waals surface area contributed by atoms with Crippen molar-refractivity contribution in [3.05, 3.63) is 59.4 Å². The van der Waals surface area contributed by atoms with Gasteiger partial charge in [-0.2, -0.15) is 0 Å². The number of rotatable bonds is 6. The summed E-state index contributed by atoms with van der Waals surface area (Å²) in [6.07, 6.45) is 4.38. The Labute approximate surface area is 120 Å². The Morgan fingerprint density at radius 2 is 1.95 bits per heavy atom. The molecule has 0 saturated heterocycles. The molecule has 0 amide bonds. The van der Waals surface area contributed by atoms with Gasteiger partial charge in [0.25, 0.3) is 0 Å². The lowest BCUT2D eigenvalue weighted by atomic mass is 10.0. The second-order valence-corrected chi connectivity index (χ2v) is 4.93. The standard InChI is InChI=1S/C17H21NO2/c1-3-20-16-10-15(11-18-12-16)17(19)9-8-14-6-4-13(2)5-7-14/h4-7,10-12,17,19H,3,8-9H2,1-2H3. The first-order valence-corrected chi connectivity index (χ1v) is 7.00. The summed E-state index contributed by atoms with van der Waals surface area (Å²) in [6, 6.07) is 10.3. The van der Waals surface area contributed by atoms with Gasteiger partial charge >= 0.3 is 0 Å². The number of aliphatic hydroxyl groups excluding tert-OH is 1. The number of nitrogens with zero attached hydrogens (tertiary/aromatic N) is 1. The van der Waals surface area contributed by atoms with E-state index in [0.717, 1.165) is 12.0 Å². The molecule has 0 aliphatic rings.